The van der Waals surface area contributed by atoms with Crippen LogP contribution in [0.4, 0.5) is 13.2 Å². The zero-order valence-corrected chi connectivity index (χ0v) is 10.8. The minimum absolute atomic E-state index is 0.250. The van der Waals surface area contributed by atoms with Gasteiger partial charge in [0, 0.05) is 32.7 Å². The number of piperazine rings is 1. The molecular formula is C13H17F3N2O. The Kier molecular flexibility index (Phi) is 4.31. The molecule has 0 aromatic heterocycles. The minimum Gasteiger partial charge on any atom is -0.497 e. The van der Waals surface area contributed by atoms with Crippen LogP contribution in [0.25, 0.3) is 0 Å². The summed E-state index contributed by atoms with van der Waals surface area (Å²) in [5.74, 6) is 0.250. The lowest BCUT2D eigenvalue weighted by molar-refractivity contribution is -0.137. The summed E-state index contributed by atoms with van der Waals surface area (Å²) >= 11 is 0. The fraction of sp³-hybridized carbons (Fsp3) is 0.538. The summed E-state index contributed by atoms with van der Waals surface area (Å²) in [5, 5.41) is 3.21. The molecule has 1 fully saturated rings. The molecule has 1 saturated heterocycles. The Morgan fingerprint density at radius 3 is 2.47 bits per heavy atom. The summed E-state index contributed by atoms with van der Waals surface area (Å²) in [7, 11) is 1.38. The molecule has 0 amide bonds. The molecule has 1 N–H and O–H groups in total. The van der Waals surface area contributed by atoms with Gasteiger partial charge in [0.05, 0.1) is 12.7 Å². The van der Waals surface area contributed by atoms with Crippen molar-refractivity contribution in [3.8, 4) is 5.75 Å². The van der Waals surface area contributed by atoms with Gasteiger partial charge in [-0.15, -0.1) is 0 Å². The van der Waals surface area contributed by atoms with Crippen molar-refractivity contribution in [3.05, 3.63) is 29.3 Å². The van der Waals surface area contributed by atoms with Crippen LogP contribution < -0.4 is 10.1 Å². The first-order chi connectivity index (χ1) is 8.99. The number of methoxy groups -OCH3 is 1. The second-order valence-electron chi connectivity index (χ2n) is 4.59. The standard InChI is InChI=1S/C13H17F3N2O/c1-19-12-7-10(6-11(8-12)13(14,15)16)9-18-4-2-17-3-5-18/h6-8,17H,2-5,9H2,1H3. The number of nitrogens with one attached hydrogen (secondary N) is 1. The van der Waals surface area contributed by atoms with Crippen LogP contribution in [0.2, 0.25) is 0 Å². The summed E-state index contributed by atoms with van der Waals surface area (Å²) in [6.45, 7) is 3.95. The van der Waals surface area contributed by atoms with E-state index in [0.717, 1.165) is 32.2 Å². The number of benzene rings is 1. The molecule has 106 valence electrons. The highest BCUT2D eigenvalue weighted by Gasteiger charge is 2.31. The van der Waals surface area contributed by atoms with Gasteiger partial charge in [-0.2, -0.15) is 13.2 Å². The van der Waals surface area contributed by atoms with E-state index in [1.807, 2.05) is 0 Å². The molecule has 0 unspecified atom stereocenters. The Balaban J connectivity index is 2.19. The van der Waals surface area contributed by atoms with Gasteiger partial charge in [0.1, 0.15) is 5.75 Å². The molecule has 1 heterocycles. The Labute approximate surface area is 110 Å². The second kappa shape index (κ2) is 5.79. The number of hydrogen-bond donors (Lipinski definition) is 1. The lowest BCUT2D eigenvalue weighted by Crippen LogP contribution is -2.42. The first-order valence-electron chi connectivity index (χ1n) is 6.17. The van der Waals surface area contributed by atoms with Crippen molar-refractivity contribution in [2.24, 2.45) is 0 Å². The number of ether oxygens (including phenoxy) is 1. The van der Waals surface area contributed by atoms with Crippen LogP contribution in [0, 0.1) is 0 Å². The third-order valence-corrected chi connectivity index (χ3v) is 3.15. The maximum atomic E-state index is 12.8. The Bertz CT molecular complexity index is 428. The molecule has 6 heteroatoms. The molecule has 19 heavy (non-hydrogen) atoms. The van der Waals surface area contributed by atoms with Crippen molar-refractivity contribution in [1.29, 1.82) is 0 Å². The molecule has 0 spiro atoms. The zero-order valence-electron chi connectivity index (χ0n) is 10.8. The van der Waals surface area contributed by atoms with Crippen molar-refractivity contribution in [2.45, 2.75) is 12.7 Å². The predicted octanol–water partition coefficient (Wildman–Crippen LogP) is 2.12. The highest BCUT2D eigenvalue weighted by Crippen LogP contribution is 2.32. The zero-order chi connectivity index (χ0) is 13.9. The lowest BCUT2D eigenvalue weighted by atomic mass is 10.1. The van der Waals surface area contributed by atoms with Crippen LogP contribution in [-0.2, 0) is 12.7 Å². The van der Waals surface area contributed by atoms with Crippen molar-refractivity contribution in [3.63, 3.8) is 0 Å². The third-order valence-electron chi connectivity index (χ3n) is 3.15. The maximum Gasteiger partial charge on any atom is 0.416 e. The van der Waals surface area contributed by atoms with E-state index >= 15 is 0 Å². The number of hydrogen-bond acceptors (Lipinski definition) is 3. The van der Waals surface area contributed by atoms with Crippen LogP contribution in [0.3, 0.4) is 0 Å². The first-order valence-corrected chi connectivity index (χ1v) is 6.17. The quantitative estimate of drug-likeness (QED) is 0.913. The minimum atomic E-state index is -4.34. The van der Waals surface area contributed by atoms with E-state index in [9.17, 15) is 13.2 Å². The molecule has 2 rings (SSSR count). The van der Waals surface area contributed by atoms with Crippen LogP contribution in [-0.4, -0.2) is 38.2 Å². The van der Waals surface area contributed by atoms with Gasteiger partial charge < -0.3 is 10.1 Å². The monoisotopic (exact) mass is 274 g/mol. The van der Waals surface area contributed by atoms with E-state index in [1.165, 1.54) is 13.2 Å². The second-order valence-corrected chi connectivity index (χ2v) is 4.59. The molecular weight excluding hydrogens is 257 g/mol. The predicted molar refractivity (Wildman–Crippen MR) is 66.1 cm³/mol. The summed E-state index contributed by atoms with van der Waals surface area (Å²) in [6, 6.07) is 3.89. The highest BCUT2D eigenvalue weighted by atomic mass is 19.4. The molecule has 1 aliphatic heterocycles. The van der Waals surface area contributed by atoms with Crippen LogP contribution in [0.5, 0.6) is 5.75 Å². The van der Waals surface area contributed by atoms with Crippen molar-refractivity contribution < 1.29 is 17.9 Å². The summed E-state index contributed by atoms with van der Waals surface area (Å²) in [6.07, 6.45) is -4.34. The highest BCUT2D eigenvalue weighted by molar-refractivity contribution is 5.36. The number of alkyl halides is 3. The molecule has 3 nitrogen and oxygen atoms in total. The molecule has 1 aromatic rings. The van der Waals surface area contributed by atoms with Gasteiger partial charge in [0.15, 0.2) is 0 Å². The van der Waals surface area contributed by atoms with Crippen molar-refractivity contribution in [2.75, 3.05) is 33.3 Å². The van der Waals surface area contributed by atoms with Gasteiger partial charge >= 0.3 is 6.18 Å². The maximum absolute atomic E-state index is 12.8. The van der Waals surface area contributed by atoms with Gasteiger partial charge in [-0.25, -0.2) is 0 Å². The Morgan fingerprint density at radius 2 is 1.89 bits per heavy atom. The number of halogens is 3. The smallest absolute Gasteiger partial charge is 0.416 e. The van der Waals surface area contributed by atoms with Gasteiger partial charge in [0.25, 0.3) is 0 Å². The van der Waals surface area contributed by atoms with Crippen molar-refractivity contribution in [1.82, 2.24) is 10.2 Å². The summed E-state index contributed by atoms with van der Waals surface area (Å²) in [5.41, 5.74) is -0.0226. The average Bonchev–Trinajstić information content (AvgIpc) is 2.38. The average molecular weight is 274 g/mol. The van der Waals surface area contributed by atoms with Crippen LogP contribution in [0.15, 0.2) is 18.2 Å². The van der Waals surface area contributed by atoms with Gasteiger partial charge in [-0.05, 0) is 23.8 Å². The normalized spacial score (nSPS) is 17.5. The van der Waals surface area contributed by atoms with E-state index in [1.54, 1.807) is 6.07 Å². The van der Waals surface area contributed by atoms with Gasteiger partial charge in [-0.1, -0.05) is 0 Å². The third kappa shape index (κ3) is 3.84. The van der Waals surface area contributed by atoms with Crippen LogP contribution >= 0.6 is 0 Å². The largest absolute Gasteiger partial charge is 0.497 e. The molecule has 1 aliphatic rings. The van der Waals surface area contributed by atoms with E-state index in [0.29, 0.717) is 12.1 Å². The van der Waals surface area contributed by atoms with E-state index in [-0.39, 0.29) is 5.75 Å². The summed E-state index contributed by atoms with van der Waals surface area (Å²) < 4.78 is 43.3. The fourth-order valence-corrected chi connectivity index (χ4v) is 2.16. The molecule has 0 saturated carbocycles. The van der Waals surface area contributed by atoms with Gasteiger partial charge in [0.2, 0.25) is 0 Å². The van der Waals surface area contributed by atoms with Gasteiger partial charge in [-0.3, -0.25) is 4.90 Å². The van der Waals surface area contributed by atoms with Crippen LogP contribution in [0.1, 0.15) is 11.1 Å². The Hall–Kier alpha value is -1.27. The molecule has 0 atom stereocenters. The molecule has 0 aliphatic carbocycles. The Morgan fingerprint density at radius 1 is 1.21 bits per heavy atom. The lowest BCUT2D eigenvalue weighted by Gasteiger charge is -2.27. The van der Waals surface area contributed by atoms with Crippen molar-refractivity contribution >= 4 is 0 Å². The van der Waals surface area contributed by atoms with E-state index < -0.39 is 11.7 Å². The number of nitrogens with zero attached hydrogens (tertiary/aromatic N) is 1. The fourth-order valence-electron chi connectivity index (χ4n) is 2.16. The molecule has 1 aromatic carbocycles. The topological polar surface area (TPSA) is 24.5 Å². The number of rotatable bonds is 3. The summed E-state index contributed by atoms with van der Waals surface area (Å²) in [4.78, 5) is 2.13. The van der Waals surface area contributed by atoms with E-state index in [2.05, 4.69) is 10.2 Å². The SMILES string of the molecule is COc1cc(CN2CCNCC2)cc(C(F)(F)F)c1. The molecule has 0 bridgehead atoms. The van der Waals surface area contributed by atoms with E-state index in [4.69, 9.17) is 4.74 Å². The first kappa shape index (κ1) is 14.1. The molecule has 0 radical (unpaired) electrons.